The van der Waals surface area contributed by atoms with Crippen LogP contribution in [0.3, 0.4) is 0 Å². The molecule has 0 amide bonds. The molecule has 2 aliphatic rings. The number of Topliss-reactive ketones (excluding diaryl/α,β-unsaturated/α-hetero) is 1. The lowest BCUT2D eigenvalue weighted by Crippen LogP contribution is -2.26. The van der Waals surface area contributed by atoms with Crippen LogP contribution in [-0.2, 0) is 16.6 Å². The minimum Gasteiger partial charge on any atom is -0.493 e. The number of methoxy groups -OCH3 is 1. The van der Waals surface area contributed by atoms with Gasteiger partial charge in [0.05, 0.1) is 36.9 Å². The number of pyridine rings is 1. The van der Waals surface area contributed by atoms with E-state index in [0.29, 0.717) is 36.0 Å². The zero-order valence-electron chi connectivity index (χ0n) is 20.0. The molecule has 0 N–H and O–H groups in total. The van der Waals surface area contributed by atoms with Gasteiger partial charge in [0, 0.05) is 50.4 Å². The van der Waals surface area contributed by atoms with Crippen molar-refractivity contribution in [2.45, 2.75) is 51.2 Å². The van der Waals surface area contributed by atoms with Crippen molar-refractivity contribution in [3.05, 3.63) is 30.5 Å². The summed E-state index contributed by atoms with van der Waals surface area (Å²) in [5, 5.41) is 5.44. The van der Waals surface area contributed by atoms with Gasteiger partial charge < -0.3 is 18.9 Å². The zero-order chi connectivity index (χ0) is 23.7. The summed E-state index contributed by atoms with van der Waals surface area (Å²) in [6.07, 6.45) is 5.74. The maximum absolute atomic E-state index is 11.8. The molecule has 34 heavy (non-hydrogen) atoms. The van der Waals surface area contributed by atoms with Crippen LogP contribution >= 0.6 is 0 Å². The lowest BCUT2D eigenvalue weighted by Gasteiger charge is -2.24. The van der Waals surface area contributed by atoms with E-state index in [9.17, 15) is 4.79 Å². The Hall–Kier alpha value is -3.13. The molecule has 3 heterocycles. The molecule has 8 nitrogen and oxygen atoms in total. The first-order valence-electron chi connectivity index (χ1n) is 12.0. The summed E-state index contributed by atoms with van der Waals surface area (Å²) < 4.78 is 25.4. The fourth-order valence-corrected chi connectivity index (χ4v) is 4.76. The fourth-order valence-electron chi connectivity index (χ4n) is 4.76. The molecule has 0 unspecified atom stereocenters. The van der Waals surface area contributed by atoms with Gasteiger partial charge in [0.2, 0.25) is 5.88 Å². The fraction of sp³-hybridized carbons (Fsp3) is 0.500. The number of benzene rings is 1. The second-order valence-corrected chi connectivity index (χ2v) is 9.21. The summed E-state index contributed by atoms with van der Waals surface area (Å²) >= 11 is 0. The summed E-state index contributed by atoms with van der Waals surface area (Å²) in [5.74, 6) is 2.43. The third-order valence-electron chi connectivity index (χ3n) is 6.75. The molecule has 1 saturated heterocycles. The number of aryl methyl sites for hydroxylation is 1. The predicted octanol–water partition coefficient (Wildman–Crippen LogP) is 4.34. The number of carbonyl (C=O) groups is 1. The summed E-state index contributed by atoms with van der Waals surface area (Å²) in [5.41, 5.74) is 2.43. The Labute approximate surface area is 199 Å². The van der Waals surface area contributed by atoms with E-state index in [4.69, 9.17) is 23.9 Å². The van der Waals surface area contributed by atoms with Crippen LogP contribution in [0.15, 0.2) is 30.5 Å². The monoisotopic (exact) mass is 465 g/mol. The Balaban J connectivity index is 1.45. The number of rotatable bonds is 7. The van der Waals surface area contributed by atoms with E-state index in [0.717, 1.165) is 54.6 Å². The lowest BCUT2D eigenvalue weighted by atomic mass is 10.0. The third-order valence-corrected chi connectivity index (χ3v) is 6.75. The second kappa shape index (κ2) is 9.62. The minimum absolute atomic E-state index is 0.109. The van der Waals surface area contributed by atoms with Crippen LogP contribution in [-0.4, -0.2) is 53.1 Å². The van der Waals surface area contributed by atoms with Crippen molar-refractivity contribution >= 4 is 16.7 Å². The summed E-state index contributed by atoms with van der Waals surface area (Å²) in [7, 11) is 3.53. The number of fused-ring (bicyclic) bond motifs is 1. The predicted molar refractivity (Wildman–Crippen MR) is 127 cm³/mol. The number of ether oxygens (including phenoxy) is 4. The molecule has 0 bridgehead atoms. The molecular weight excluding hydrogens is 434 g/mol. The van der Waals surface area contributed by atoms with Crippen LogP contribution in [0.5, 0.6) is 17.4 Å². The Morgan fingerprint density at radius 3 is 2.71 bits per heavy atom. The normalized spacial score (nSPS) is 20.0. The van der Waals surface area contributed by atoms with Crippen molar-refractivity contribution in [1.82, 2.24) is 14.8 Å². The topological polar surface area (TPSA) is 84.7 Å². The van der Waals surface area contributed by atoms with Crippen LogP contribution in [0, 0.1) is 5.92 Å². The number of carbonyl (C=O) groups excluding carboxylic acids is 1. The van der Waals surface area contributed by atoms with Gasteiger partial charge in [0.25, 0.3) is 0 Å². The number of ketones is 1. The summed E-state index contributed by atoms with van der Waals surface area (Å²) in [6, 6.07) is 7.81. The van der Waals surface area contributed by atoms with Gasteiger partial charge in [-0.15, -0.1) is 0 Å². The average Bonchev–Trinajstić information content (AvgIpc) is 3.45. The van der Waals surface area contributed by atoms with Crippen molar-refractivity contribution in [3.8, 4) is 28.6 Å². The Morgan fingerprint density at radius 2 is 1.97 bits per heavy atom. The Bertz CT molecular complexity index is 1180. The standard InChI is InChI=1S/C26H31N3O5/c1-16(17-4-6-19(30)12-17)33-26-21-15-29(2)28-23(21)14-22(27-26)18-5-7-24(25(13-18)31-3)34-20-8-10-32-11-9-20/h5,7,13-17,20H,4,6,8-12H2,1-3H3/t16-,17+/m1/s1. The van der Waals surface area contributed by atoms with Crippen molar-refractivity contribution < 1.29 is 23.7 Å². The highest BCUT2D eigenvalue weighted by Gasteiger charge is 2.29. The molecule has 1 aliphatic heterocycles. The number of aromatic nitrogens is 3. The first-order valence-corrected chi connectivity index (χ1v) is 12.0. The van der Waals surface area contributed by atoms with Crippen LogP contribution in [0.1, 0.15) is 39.0 Å². The van der Waals surface area contributed by atoms with E-state index >= 15 is 0 Å². The molecule has 0 spiro atoms. The van der Waals surface area contributed by atoms with Gasteiger partial charge in [0.15, 0.2) is 11.5 Å². The molecule has 1 saturated carbocycles. The molecule has 0 radical (unpaired) electrons. The van der Waals surface area contributed by atoms with Gasteiger partial charge >= 0.3 is 0 Å². The molecule has 1 aromatic carbocycles. The van der Waals surface area contributed by atoms with Crippen molar-refractivity contribution in [3.63, 3.8) is 0 Å². The first kappa shape index (κ1) is 22.7. The summed E-state index contributed by atoms with van der Waals surface area (Å²) in [6.45, 7) is 3.45. The maximum atomic E-state index is 11.8. The molecule has 2 aromatic heterocycles. The second-order valence-electron chi connectivity index (χ2n) is 9.21. The van der Waals surface area contributed by atoms with Crippen molar-refractivity contribution in [2.24, 2.45) is 13.0 Å². The maximum Gasteiger partial charge on any atom is 0.225 e. The van der Waals surface area contributed by atoms with Crippen LogP contribution < -0.4 is 14.2 Å². The van der Waals surface area contributed by atoms with E-state index in [1.165, 1.54) is 0 Å². The number of hydrogen-bond donors (Lipinski definition) is 0. The van der Waals surface area contributed by atoms with Gasteiger partial charge in [-0.05, 0) is 37.6 Å². The van der Waals surface area contributed by atoms with E-state index in [1.54, 1.807) is 11.8 Å². The van der Waals surface area contributed by atoms with Gasteiger partial charge in [-0.3, -0.25) is 9.48 Å². The van der Waals surface area contributed by atoms with Gasteiger partial charge in [-0.2, -0.15) is 5.10 Å². The van der Waals surface area contributed by atoms with E-state index in [-0.39, 0.29) is 18.1 Å². The Kier molecular flexibility index (Phi) is 6.41. The molecule has 2 atom stereocenters. The molecule has 180 valence electrons. The Morgan fingerprint density at radius 1 is 1.15 bits per heavy atom. The third kappa shape index (κ3) is 4.73. The zero-order valence-corrected chi connectivity index (χ0v) is 20.0. The lowest BCUT2D eigenvalue weighted by molar-refractivity contribution is -0.117. The minimum atomic E-state index is -0.109. The SMILES string of the molecule is COc1cc(-c2cc3nn(C)cc3c(O[C@H](C)[C@H]3CCC(=O)C3)n2)ccc1OC1CCOCC1. The highest BCUT2D eigenvalue weighted by atomic mass is 16.5. The summed E-state index contributed by atoms with van der Waals surface area (Å²) in [4.78, 5) is 16.6. The van der Waals surface area contributed by atoms with Gasteiger partial charge in [-0.25, -0.2) is 4.98 Å². The van der Waals surface area contributed by atoms with Gasteiger partial charge in [-0.1, -0.05) is 0 Å². The molecule has 5 rings (SSSR count). The van der Waals surface area contributed by atoms with Crippen molar-refractivity contribution in [1.29, 1.82) is 0 Å². The van der Waals surface area contributed by atoms with Crippen LogP contribution in [0.2, 0.25) is 0 Å². The smallest absolute Gasteiger partial charge is 0.225 e. The highest BCUT2D eigenvalue weighted by molar-refractivity contribution is 5.87. The van der Waals surface area contributed by atoms with Crippen LogP contribution in [0.4, 0.5) is 0 Å². The number of nitrogens with zero attached hydrogens (tertiary/aromatic N) is 3. The molecule has 8 heteroatoms. The van der Waals surface area contributed by atoms with Gasteiger partial charge in [0.1, 0.15) is 18.0 Å². The average molecular weight is 466 g/mol. The highest BCUT2D eigenvalue weighted by Crippen LogP contribution is 2.36. The first-order chi connectivity index (χ1) is 16.5. The molecule has 3 aromatic rings. The molecule has 1 aliphatic carbocycles. The van der Waals surface area contributed by atoms with Crippen molar-refractivity contribution in [2.75, 3.05) is 20.3 Å². The van der Waals surface area contributed by atoms with E-state index in [1.807, 2.05) is 44.4 Å². The molecular formula is C26H31N3O5. The number of hydrogen-bond acceptors (Lipinski definition) is 7. The molecule has 2 fully saturated rings. The largest absolute Gasteiger partial charge is 0.493 e. The quantitative estimate of drug-likeness (QED) is 0.513. The van der Waals surface area contributed by atoms with E-state index in [2.05, 4.69) is 5.10 Å². The van der Waals surface area contributed by atoms with E-state index < -0.39 is 0 Å². The van der Waals surface area contributed by atoms with Crippen LogP contribution in [0.25, 0.3) is 22.2 Å².